The molecule has 2 aromatic rings. The fourth-order valence-corrected chi connectivity index (χ4v) is 2.29. The third-order valence-corrected chi connectivity index (χ3v) is 4.40. The summed E-state index contributed by atoms with van der Waals surface area (Å²) in [5.41, 5.74) is 6.33. The SMILES string of the molecule is CC1(C)OB(c2cccnc2Oc2ccc(N)cc2)OC1(C)C. The number of hydrogen-bond acceptors (Lipinski definition) is 5. The number of aromatic nitrogens is 1. The maximum absolute atomic E-state index is 6.09. The average molecular weight is 312 g/mol. The van der Waals surface area contributed by atoms with Gasteiger partial charge in [-0.2, -0.15) is 0 Å². The lowest BCUT2D eigenvalue weighted by Gasteiger charge is -2.32. The van der Waals surface area contributed by atoms with Crippen LogP contribution in [0.15, 0.2) is 42.6 Å². The highest BCUT2D eigenvalue weighted by atomic mass is 16.7. The Morgan fingerprint density at radius 2 is 1.61 bits per heavy atom. The van der Waals surface area contributed by atoms with Crippen LogP contribution in [0.5, 0.6) is 11.6 Å². The second kappa shape index (κ2) is 5.55. The molecule has 0 bridgehead atoms. The third-order valence-electron chi connectivity index (χ3n) is 4.40. The zero-order valence-electron chi connectivity index (χ0n) is 13.9. The van der Waals surface area contributed by atoms with Gasteiger partial charge in [0.2, 0.25) is 5.88 Å². The Morgan fingerprint density at radius 3 is 2.22 bits per heavy atom. The van der Waals surface area contributed by atoms with Crippen LogP contribution < -0.4 is 15.9 Å². The summed E-state index contributed by atoms with van der Waals surface area (Å²) >= 11 is 0. The van der Waals surface area contributed by atoms with Gasteiger partial charge in [-0.25, -0.2) is 4.98 Å². The van der Waals surface area contributed by atoms with Crippen molar-refractivity contribution in [2.75, 3.05) is 5.73 Å². The Bertz CT molecular complexity index is 685. The highest BCUT2D eigenvalue weighted by Crippen LogP contribution is 2.37. The molecule has 1 saturated heterocycles. The Morgan fingerprint density at radius 1 is 1.00 bits per heavy atom. The maximum Gasteiger partial charge on any atom is 0.500 e. The largest absolute Gasteiger partial charge is 0.500 e. The predicted octanol–water partition coefficient (Wildman–Crippen LogP) is 2.76. The molecule has 2 heterocycles. The molecule has 0 aliphatic carbocycles. The molecule has 0 spiro atoms. The van der Waals surface area contributed by atoms with Crippen LogP contribution in [0.1, 0.15) is 27.7 Å². The molecular formula is C17H21BN2O3. The first kappa shape index (κ1) is 15.8. The Kier molecular flexibility index (Phi) is 3.82. The van der Waals surface area contributed by atoms with Gasteiger partial charge in [-0.05, 0) is 58.0 Å². The molecule has 0 unspecified atom stereocenters. The summed E-state index contributed by atoms with van der Waals surface area (Å²) in [7, 11) is -0.516. The van der Waals surface area contributed by atoms with E-state index in [0.717, 1.165) is 5.46 Å². The van der Waals surface area contributed by atoms with Gasteiger partial charge in [-0.15, -0.1) is 0 Å². The maximum atomic E-state index is 6.09. The number of nitrogen functional groups attached to an aromatic ring is 1. The molecule has 1 aromatic heterocycles. The molecule has 0 radical (unpaired) electrons. The summed E-state index contributed by atoms with van der Waals surface area (Å²) in [6.07, 6.45) is 1.68. The van der Waals surface area contributed by atoms with Crippen molar-refractivity contribution in [1.29, 1.82) is 0 Å². The number of pyridine rings is 1. The Balaban J connectivity index is 1.88. The molecule has 3 rings (SSSR count). The van der Waals surface area contributed by atoms with Gasteiger partial charge in [0.05, 0.1) is 11.2 Å². The first-order chi connectivity index (χ1) is 10.8. The summed E-state index contributed by atoms with van der Waals surface area (Å²) in [4.78, 5) is 4.32. The number of anilines is 1. The number of rotatable bonds is 3. The van der Waals surface area contributed by atoms with Crippen LogP contribution in [-0.2, 0) is 9.31 Å². The van der Waals surface area contributed by atoms with Crippen LogP contribution in [0.3, 0.4) is 0 Å². The van der Waals surface area contributed by atoms with Gasteiger partial charge in [0, 0.05) is 17.3 Å². The molecule has 23 heavy (non-hydrogen) atoms. The van der Waals surface area contributed by atoms with Crippen LogP contribution in [0, 0.1) is 0 Å². The topological polar surface area (TPSA) is 66.6 Å². The number of hydrogen-bond donors (Lipinski definition) is 1. The van der Waals surface area contributed by atoms with E-state index < -0.39 is 18.3 Å². The minimum absolute atomic E-state index is 0.411. The first-order valence-corrected chi connectivity index (χ1v) is 7.62. The summed E-state index contributed by atoms with van der Waals surface area (Å²) in [6.45, 7) is 8.07. The lowest BCUT2D eigenvalue weighted by Crippen LogP contribution is -2.41. The number of nitrogens with two attached hydrogens (primary N) is 1. The van der Waals surface area contributed by atoms with Crippen LogP contribution in [-0.4, -0.2) is 23.3 Å². The second-order valence-electron chi connectivity index (χ2n) is 6.66. The van der Waals surface area contributed by atoms with Gasteiger partial charge in [0.1, 0.15) is 5.75 Å². The first-order valence-electron chi connectivity index (χ1n) is 7.62. The van der Waals surface area contributed by atoms with E-state index in [1.54, 1.807) is 30.5 Å². The van der Waals surface area contributed by atoms with Gasteiger partial charge in [-0.3, -0.25) is 0 Å². The Hall–Kier alpha value is -2.05. The van der Waals surface area contributed by atoms with Gasteiger partial charge in [-0.1, -0.05) is 6.07 Å². The van der Waals surface area contributed by atoms with Crippen molar-refractivity contribution in [3.8, 4) is 11.6 Å². The zero-order chi connectivity index (χ0) is 16.7. The van der Waals surface area contributed by atoms with Gasteiger partial charge in [0.25, 0.3) is 0 Å². The van der Waals surface area contributed by atoms with Crippen molar-refractivity contribution < 1.29 is 14.0 Å². The molecule has 1 aliphatic heterocycles. The van der Waals surface area contributed by atoms with Crippen molar-refractivity contribution in [2.24, 2.45) is 0 Å². The fourth-order valence-electron chi connectivity index (χ4n) is 2.29. The molecule has 0 amide bonds. The van der Waals surface area contributed by atoms with E-state index in [2.05, 4.69) is 4.98 Å². The normalized spacial score (nSPS) is 18.9. The number of ether oxygens (including phenoxy) is 1. The van der Waals surface area contributed by atoms with E-state index in [9.17, 15) is 0 Å². The zero-order valence-corrected chi connectivity index (χ0v) is 13.9. The molecule has 5 nitrogen and oxygen atoms in total. The minimum Gasteiger partial charge on any atom is -0.439 e. The van der Waals surface area contributed by atoms with Crippen molar-refractivity contribution >= 4 is 18.3 Å². The monoisotopic (exact) mass is 312 g/mol. The number of benzene rings is 1. The Labute approximate surface area is 136 Å². The molecule has 1 aromatic carbocycles. The molecule has 0 atom stereocenters. The van der Waals surface area contributed by atoms with Crippen LogP contribution >= 0.6 is 0 Å². The highest BCUT2D eigenvalue weighted by Gasteiger charge is 2.52. The van der Waals surface area contributed by atoms with Gasteiger partial charge < -0.3 is 19.8 Å². The summed E-state index contributed by atoms with van der Waals surface area (Å²) in [5.74, 6) is 1.13. The van der Waals surface area contributed by atoms with Crippen molar-refractivity contribution in [1.82, 2.24) is 4.98 Å². The molecule has 2 N–H and O–H groups in total. The summed E-state index contributed by atoms with van der Waals surface area (Å²) < 4.78 is 18.1. The van der Waals surface area contributed by atoms with Crippen LogP contribution in [0.4, 0.5) is 5.69 Å². The van der Waals surface area contributed by atoms with E-state index >= 15 is 0 Å². The minimum atomic E-state index is -0.516. The molecule has 6 heteroatoms. The second-order valence-corrected chi connectivity index (χ2v) is 6.66. The van der Waals surface area contributed by atoms with E-state index in [0.29, 0.717) is 17.3 Å². The van der Waals surface area contributed by atoms with Crippen molar-refractivity contribution in [3.63, 3.8) is 0 Å². The van der Waals surface area contributed by atoms with Gasteiger partial charge >= 0.3 is 7.12 Å². The van der Waals surface area contributed by atoms with E-state index in [4.69, 9.17) is 19.8 Å². The van der Waals surface area contributed by atoms with E-state index in [1.165, 1.54) is 0 Å². The van der Waals surface area contributed by atoms with E-state index in [-0.39, 0.29) is 0 Å². The number of nitrogens with zero attached hydrogens (tertiary/aromatic N) is 1. The third kappa shape index (κ3) is 3.05. The van der Waals surface area contributed by atoms with Gasteiger partial charge in [0.15, 0.2) is 0 Å². The lowest BCUT2D eigenvalue weighted by atomic mass is 9.80. The fraction of sp³-hybridized carbons (Fsp3) is 0.353. The van der Waals surface area contributed by atoms with E-state index in [1.807, 2.05) is 39.8 Å². The van der Waals surface area contributed by atoms with Crippen LogP contribution in [0.25, 0.3) is 0 Å². The van der Waals surface area contributed by atoms with Crippen LogP contribution in [0.2, 0.25) is 0 Å². The standard InChI is InChI=1S/C17H21BN2O3/c1-16(2)17(3,4)23-18(22-16)14-6-5-11-20-15(14)21-13-9-7-12(19)8-10-13/h5-11H,19H2,1-4H3. The molecule has 1 aliphatic rings. The highest BCUT2D eigenvalue weighted by molar-refractivity contribution is 6.63. The molecule has 120 valence electrons. The van der Waals surface area contributed by atoms with Crippen molar-refractivity contribution in [2.45, 2.75) is 38.9 Å². The summed E-state index contributed by atoms with van der Waals surface area (Å²) in [5, 5.41) is 0. The van der Waals surface area contributed by atoms with Crippen molar-refractivity contribution in [3.05, 3.63) is 42.6 Å². The quantitative estimate of drug-likeness (QED) is 0.697. The molecule has 0 saturated carbocycles. The smallest absolute Gasteiger partial charge is 0.439 e. The predicted molar refractivity (Wildman–Crippen MR) is 90.9 cm³/mol. The summed E-state index contributed by atoms with van der Waals surface area (Å²) in [6, 6.07) is 10.9. The lowest BCUT2D eigenvalue weighted by molar-refractivity contribution is 0.00578. The molecule has 1 fully saturated rings. The molecular weight excluding hydrogens is 291 g/mol. The average Bonchev–Trinajstić information content (AvgIpc) is 2.70.